The molecule has 2 unspecified atom stereocenters. The predicted molar refractivity (Wildman–Crippen MR) is 85.0 cm³/mol. The van der Waals surface area contributed by atoms with Crippen LogP contribution in [-0.2, 0) is 4.84 Å². The molecular formula is C18H19NO3. The van der Waals surface area contributed by atoms with Crippen LogP contribution >= 0.6 is 0 Å². The van der Waals surface area contributed by atoms with Crippen LogP contribution in [0.4, 0.5) is 0 Å². The third-order valence-electron chi connectivity index (χ3n) is 3.83. The van der Waals surface area contributed by atoms with E-state index in [1.54, 1.807) is 7.11 Å². The van der Waals surface area contributed by atoms with Crippen molar-refractivity contribution in [2.24, 2.45) is 5.16 Å². The van der Waals surface area contributed by atoms with Crippen molar-refractivity contribution in [1.29, 1.82) is 0 Å². The van der Waals surface area contributed by atoms with Gasteiger partial charge in [-0.25, -0.2) is 0 Å². The molecule has 1 N–H and O–H groups in total. The van der Waals surface area contributed by atoms with Gasteiger partial charge < -0.3 is 14.7 Å². The highest BCUT2D eigenvalue weighted by Crippen LogP contribution is 2.26. The summed E-state index contributed by atoms with van der Waals surface area (Å²) in [6, 6.07) is 17.4. The molecule has 114 valence electrons. The van der Waals surface area contributed by atoms with E-state index in [1.807, 2.05) is 54.6 Å². The predicted octanol–water partition coefficient (Wildman–Crippen LogP) is 3.31. The van der Waals surface area contributed by atoms with Gasteiger partial charge in [0.05, 0.1) is 18.9 Å². The minimum absolute atomic E-state index is 0.0905. The summed E-state index contributed by atoms with van der Waals surface area (Å²) in [6.07, 6.45) is 0.618. The van der Waals surface area contributed by atoms with Crippen molar-refractivity contribution in [2.45, 2.75) is 25.0 Å². The Labute approximate surface area is 130 Å². The molecule has 22 heavy (non-hydrogen) atoms. The maximum absolute atomic E-state index is 10.3. The second-order valence-corrected chi connectivity index (χ2v) is 5.36. The molecule has 0 bridgehead atoms. The Morgan fingerprint density at radius 2 is 1.91 bits per heavy atom. The molecule has 0 saturated heterocycles. The summed E-state index contributed by atoms with van der Waals surface area (Å²) in [5, 5.41) is 14.4. The van der Waals surface area contributed by atoms with Crippen molar-refractivity contribution in [2.75, 3.05) is 7.11 Å². The summed E-state index contributed by atoms with van der Waals surface area (Å²) in [6.45, 7) is 0. The third-order valence-corrected chi connectivity index (χ3v) is 3.83. The van der Waals surface area contributed by atoms with Crippen molar-refractivity contribution < 1.29 is 14.7 Å². The molecule has 0 amide bonds. The van der Waals surface area contributed by atoms with Crippen LogP contribution in [0.2, 0.25) is 0 Å². The largest absolute Gasteiger partial charge is 0.497 e. The van der Waals surface area contributed by atoms with Gasteiger partial charge in [-0.3, -0.25) is 0 Å². The van der Waals surface area contributed by atoms with Gasteiger partial charge in [-0.2, -0.15) is 0 Å². The molecule has 4 heteroatoms. The van der Waals surface area contributed by atoms with E-state index < -0.39 is 6.10 Å². The molecule has 3 rings (SSSR count). The van der Waals surface area contributed by atoms with Gasteiger partial charge >= 0.3 is 0 Å². The van der Waals surface area contributed by atoms with Gasteiger partial charge in [0.15, 0.2) is 0 Å². The number of aliphatic hydroxyl groups excluding tert-OH is 1. The molecule has 0 saturated carbocycles. The van der Waals surface area contributed by atoms with Crippen molar-refractivity contribution in [3.05, 3.63) is 65.7 Å². The Kier molecular flexibility index (Phi) is 4.39. The Morgan fingerprint density at radius 1 is 1.18 bits per heavy atom. The van der Waals surface area contributed by atoms with Gasteiger partial charge in [-0.1, -0.05) is 35.5 Å². The normalized spacial score (nSPS) is 18.5. The van der Waals surface area contributed by atoms with Gasteiger partial charge in [0, 0.05) is 12.8 Å². The number of rotatable bonds is 5. The van der Waals surface area contributed by atoms with Crippen LogP contribution in [0.1, 0.15) is 30.1 Å². The van der Waals surface area contributed by atoms with Crippen LogP contribution in [0.15, 0.2) is 59.8 Å². The maximum Gasteiger partial charge on any atom is 0.136 e. The molecule has 0 aliphatic carbocycles. The number of ether oxygens (including phenoxy) is 1. The molecule has 0 aromatic heterocycles. The van der Waals surface area contributed by atoms with E-state index in [9.17, 15) is 5.11 Å². The topological polar surface area (TPSA) is 51.0 Å². The smallest absolute Gasteiger partial charge is 0.136 e. The quantitative estimate of drug-likeness (QED) is 0.921. The van der Waals surface area contributed by atoms with Crippen LogP contribution in [0.3, 0.4) is 0 Å². The van der Waals surface area contributed by atoms with Crippen LogP contribution < -0.4 is 4.74 Å². The van der Waals surface area contributed by atoms with Crippen LogP contribution in [0.25, 0.3) is 0 Å². The fourth-order valence-corrected chi connectivity index (χ4v) is 2.57. The fourth-order valence-electron chi connectivity index (χ4n) is 2.57. The molecule has 0 spiro atoms. The molecule has 1 aliphatic heterocycles. The number of methoxy groups -OCH3 is 1. The second kappa shape index (κ2) is 6.62. The van der Waals surface area contributed by atoms with Crippen LogP contribution in [0.5, 0.6) is 5.75 Å². The number of hydrogen-bond donors (Lipinski definition) is 1. The van der Waals surface area contributed by atoms with Gasteiger partial charge in [0.1, 0.15) is 11.9 Å². The minimum Gasteiger partial charge on any atom is -0.497 e. The minimum atomic E-state index is -0.531. The molecule has 2 atom stereocenters. The lowest BCUT2D eigenvalue weighted by atomic mass is 9.98. The van der Waals surface area contributed by atoms with Crippen LogP contribution in [-0.4, -0.2) is 24.0 Å². The number of oxime groups is 1. The number of nitrogens with zero attached hydrogens (tertiary/aromatic N) is 1. The average Bonchev–Trinajstić information content (AvgIpc) is 3.04. The lowest BCUT2D eigenvalue weighted by molar-refractivity contribution is 0.0363. The van der Waals surface area contributed by atoms with Gasteiger partial charge in [0.25, 0.3) is 0 Å². The SMILES string of the molecule is COc1ccc(C2=NOC(CC(O)c3ccccc3)C2)cc1. The second-order valence-electron chi connectivity index (χ2n) is 5.36. The highest BCUT2D eigenvalue weighted by molar-refractivity contribution is 6.01. The fraction of sp³-hybridized carbons (Fsp3) is 0.278. The monoisotopic (exact) mass is 297 g/mol. The van der Waals surface area contributed by atoms with E-state index in [2.05, 4.69) is 5.16 Å². The molecule has 2 aromatic rings. The average molecular weight is 297 g/mol. The first kappa shape index (κ1) is 14.6. The van der Waals surface area contributed by atoms with E-state index in [0.717, 1.165) is 22.6 Å². The van der Waals surface area contributed by atoms with Gasteiger partial charge in [-0.05, 0) is 35.4 Å². The summed E-state index contributed by atoms with van der Waals surface area (Å²) < 4.78 is 5.15. The Hall–Kier alpha value is -2.33. The highest BCUT2D eigenvalue weighted by Gasteiger charge is 2.25. The van der Waals surface area contributed by atoms with Crippen LogP contribution in [0, 0.1) is 0 Å². The van der Waals surface area contributed by atoms with Gasteiger partial charge in [0.2, 0.25) is 0 Å². The zero-order chi connectivity index (χ0) is 15.4. The van der Waals surface area contributed by atoms with E-state index in [-0.39, 0.29) is 6.10 Å². The lowest BCUT2D eigenvalue weighted by Gasteiger charge is -2.14. The summed E-state index contributed by atoms with van der Waals surface area (Å²) >= 11 is 0. The van der Waals surface area contributed by atoms with Gasteiger partial charge in [-0.15, -0.1) is 0 Å². The maximum atomic E-state index is 10.3. The highest BCUT2D eigenvalue weighted by atomic mass is 16.6. The zero-order valence-corrected chi connectivity index (χ0v) is 12.5. The molecule has 2 aromatic carbocycles. The van der Waals surface area contributed by atoms with Crippen molar-refractivity contribution in [3.8, 4) is 5.75 Å². The summed E-state index contributed by atoms with van der Waals surface area (Å²) in [5.41, 5.74) is 2.84. The molecule has 0 fully saturated rings. The van der Waals surface area contributed by atoms with Crippen molar-refractivity contribution >= 4 is 5.71 Å². The Morgan fingerprint density at radius 3 is 2.59 bits per heavy atom. The van der Waals surface area contributed by atoms with E-state index >= 15 is 0 Å². The lowest BCUT2D eigenvalue weighted by Crippen LogP contribution is -2.13. The molecule has 1 aliphatic rings. The molecule has 0 radical (unpaired) electrons. The van der Waals surface area contributed by atoms with Crippen molar-refractivity contribution in [1.82, 2.24) is 0 Å². The van der Waals surface area contributed by atoms with E-state index in [4.69, 9.17) is 9.57 Å². The summed E-state index contributed by atoms with van der Waals surface area (Å²) in [7, 11) is 1.65. The molecule has 1 heterocycles. The number of aliphatic hydroxyl groups is 1. The van der Waals surface area contributed by atoms with E-state index in [0.29, 0.717) is 12.8 Å². The number of hydrogen-bond acceptors (Lipinski definition) is 4. The first-order valence-corrected chi connectivity index (χ1v) is 7.36. The first-order valence-electron chi connectivity index (χ1n) is 7.36. The summed E-state index contributed by atoms with van der Waals surface area (Å²) in [5.74, 6) is 0.819. The van der Waals surface area contributed by atoms with Crippen molar-refractivity contribution in [3.63, 3.8) is 0 Å². The van der Waals surface area contributed by atoms with E-state index in [1.165, 1.54) is 0 Å². The Bertz CT molecular complexity index is 637. The third kappa shape index (κ3) is 3.28. The first-order chi connectivity index (χ1) is 10.8. The standard InChI is InChI=1S/C18H19NO3/c1-21-15-9-7-13(8-10-15)17-11-16(22-19-17)12-18(20)14-5-3-2-4-6-14/h2-10,16,18,20H,11-12H2,1H3. The Balaban J connectivity index is 1.59. The summed E-state index contributed by atoms with van der Waals surface area (Å²) in [4.78, 5) is 5.47. The number of benzene rings is 2. The zero-order valence-electron chi connectivity index (χ0n) is 12.5. The molecular weight excluding hydrogens is 278 g/mol. The molecule has 4 nitrogen and oxygen atoms in total.